The first-order chi connectivity index (χ1) is 8.04. The molecule has 1 N–H and O–H groups in total. The van der Waals surface area contributed by atoms with Gasteiger partial charge in [0.25, 0.3) is 5.91 Å². The Morgan fingerprint density at radius 2 is 2.06 bits per heavy atom. The molecule has 0 heterocycles. The molecule has 0 radical (unpaired) electrons. The number of rotatable bonds is 5. The van der Waals surface area contributed by atoms with Crippen LogP contribution >= 0.6 is 11.6 Å². The highest BCUT2D eigenvalue weighted by Crippen LogP contribution is 2.24. The molecule has 0 saturated heterocycles. The van der Waals surface area contributed by atoms with E-state index in [9.17, 15) is 4.79 Å². The molecule has 0 fully saturated rings. The van der Waals surface area contributed by atoms with Crippen molar-refractivity contribution >= 4 is 17.5 Å². The van der Waals surface area contributed by atoms with Gasteiger partial charge in [-0.25, -0.2) is 0 Å². The van der Waals surface area contributed by atoms with E-state index in [-0.39, 0.29) is 11.9 Å². The highest BCUT2D eigenvalue weighted by molar-refractivity contribution is 6.32. The zero-order valence-corrected chi connectivity index (χ0v) is 11.1. The van der Waals surface area contributed by atoms with E-state index >= 15 is 0 Å². The second-order valence-electron chi connectivity index (χ2n) is 4.01. The van der Waals surface area contributed by atoms with Crippen molar-refractivity contribution in [3.63, 3.8) is 0 Å². The Morgan fingerprint density at radius 1 is 1.41 bits per heavy atom. The second-order valence-corrected chi connectivity index (χ2v) is 4.42. The van der Waals surface area contributed by atoms with Gasteiger partial charge in [-0.2, -0.15) is 0 Å². The number of benzene rings is 1. The predicted molar refractivity (Wildman–Crippen MR) is 69.4 cm³/mol. The zero-order valence-electron chi connectivity index (χ0n) is 10.4. The Balaban J connectivity index is 2.57. The van der Waals surface area contributed by atoms with E-state index in [0.717, 1.165) is 6.42 Å². The van der Waals surface area contributed by atoms with Gasteiger partial charge in [0.1, 0.15) is 5.75 Å². The number of nitrogens with one attached hydrogen (secondary N) is 1. The fourth-order valence-electron chi connectivity index (χ4n) is 1.25. The van der Waals surface area contributed by atoms with E-state index in [4.69, 9.17) is 16.3 Å². The van der Waals surface area contributed by atoms with E-state index in [2.05, 4.69) is 5.32 Å². The molecule has 94 valence electrons. The number of hydrogen-bond donors (Lipinski definition) is 1. The van der Waals surface area contributed by atoms with E-state index in [1.54, 1.807) is 19.1 Å². The Bertz CT molecular complexity index is 381. The van der Waals surface area contributed by atoms with Crippen LogP contribution < -0.4 is 10.1 Å². The first kappa shape index (κ1) is 13.8. The van der Waals surface area contributed by atoms with Crippen LogP contribution in [0.25, 0.3) is 0 Å². The third-order valence-corrected chi connectivity index (χ3v) is 2.82. The molecule has 1 amide bonds. The summed E-state index contributed by atoms with van der Waals surface area (Å²) in [6.07, 6.45) is 0.341. The molecule has 0 bridgehead atoms. The average Bonchev–Trinajstić information content (AvgIpc) is 2.31. The predicted octanol–water partition coefficient (Wildman–Crippen LogP) is 3.02. The average molecular weight is 256 g/mol. The van der Waals surface area contributed by atoms with Crippen LogP contribution in [0.4, 0.5) is 0 Å². The first-order valence-corrected chi connectivity index (χ1v) is 6.14. The normalized spacial score (nSPS) is 13.9. The van der Waals surface area contributed by atoms with E-state index < -0.39 is 6.10 Å². The zero-order chi connectivity index (χ0) is 12.8. The van der Waals surface area contributed by atoms with Crippen LogP contribution in [0.1, 0.15) is 27.2 Å². The Labute approximate surface area is 107 Å². The van der Waals surface area contributed by atoms with E-state index in [1.165, 1.54) is 0 Å². The van der Waals surface area contributed by atoms with E-state index in [0.29, 0.717) is 10.8 Å². The lowest BCUT2D eigenvalue weighted by Crippen LogP contribution is -2.41. The number of halogens is 1. The van der Waals surface area contributed by atoms with Gasteiger partial charge in [0.15, 0.2) is 6.10 Å². The minimum Gasteiger partial charge on any atom is -0.479 e. The minimum atomic E-state index is -0.552. The molecule has 0 aliphatic carbocycles. The summed E-state index contributed by atoms with van der Waals surface area (Å²) in [5.74, 6) is 0.403. The van der Waals surface area contributed by atoms with Crippen molar-refractivity contribution in [1.82, 2.24) is 5.32 Å². The molecular formula is C13H18ClNO2. The van der Waals surface area contributed by atoms with Crippen molar-refractivity contribution in [2.75, 3.05) is 0 Å². The highest BCUT2D eigenvalue weighted by Gasteiger charge is 2.16. The van der Waals surface area contributed by atoms with Crippen LogP contribution in [0.3, 0.4) is 0 Å². The molecule has 0 saturated carbocycles. The smallest absolute Gasteiger partial charge is 0.260 e. The van der Waals surface area contributed by atoms with Gasteiger partial charge in [0.05, 0.1) is 5.02 Å². The molecule has 2 atom stereocenters. The van der Waals surface area contributed by atoms with Crippen molar-refractivity contribution in [2.24, 2.45) is 0 Å². The summed E-state index contributed by atoms with van der Waals surface area (Å²) in [6.45, 7) is 5.69. The first-order valence-electron chi connectivity index (χ1n) is 5.76. The lowest BCUT2D eigenvalue weighted by Gasteiger charge is -2.18. The molecule has 0 unspecified atom stereocenters. The van der Waals surface area contributed by atoms with Gasteiger partial charge in [0.2, 0.25) is 0 Å². The van der Waals surface area contributed by atoms with Crippen LogP contribution in [-0.4, -0.2) is 18.1 Å². The molecule has 17 heavy (non-hydrogen) atoms. The maximum absolute atomic E-state index is 11.7. The monoisotopic (exact) mass is 255 g/mol. The molecule has 3 nitrogen and oxygen atoms in total. The second kappa shape index (κ2) is 6.50. The fraction of sp³-hybridized carbons (Fsp3) is 0.462. The van der Waals surface area contributed by atoms with Crippen molar-refractivity contribution in [3.05, 3.63) is 29.3 Å². The number of hydrogen-bond acceptors (Lipinski definition) is 2. The number of carbonyl (C=O) groups excluding carboxylic acids is 1. The summed E-state index contributed by atoms with van der Waals surface area (Å²) in [5, 5.41) is 3.37. The minimum absolute atomic E-state index is 0.126. The Morgan fingerprint density at radius 3 is 2.65 bits per heavy atom. The molecule has 0 spiro atoms. The molecule has 4 heteroatoms. The molecular weight excluding hydrogens is 238 g/mol. The van der Waals surface area contributed by atoms with Crippen LogP contribution in [0.15, 0.2) is 24.3 Å². The molecule has 1 aromatic rings. The summed E-state index contributed by atoms with van der Waals surface area (Å²) in [4.78, 5) is 11.7. The number of para-hydroxylation sites is 1. The van der Waals surface area contributed by atoms with E-state index in [1.807, 2.05) is 26.0 Å². The summed E-state index contributed by atoms with van der Waals surface area (Å²) >= 11 is 5.95. The Kier molecular flexibility index (Phi) is 5.29. The molecule has 0 aliphatic heterocycles. The molecule has 1 rings (SSSR count). The maximum atomic E-state index is 11.7. The quantitative estimate of drug-likeness (QED) is 0.878. The third-order valence-electron chi connectivity index (χ3n) is 2.51. The van der Waals surface area contributed by atoms with Gasteiger partial charge in [0, 0.05) is 6.04 Å². The lowest BCUT2D eigenvalue weighted by atomic mass is 10.2. The van der Waals surface area contributed by atoms with Gasteiger partial charge in [-0.15, -0.1) is 0 Å². The van der Waals surface area contributed by atoms with Crippen molar-refractivity contribution in [3.8, 4) is 5.75 Å². The highest BCUT2D eigenvalue weighted by atomic mass is 35.5. The van der Waals surface area contributed by atoms with Gasteiger partial charge in [-0.3, -0.25) is 4.79 Å². The van der Waals surface area contributed by atoms with Gasteiger partial charge in [-0.05, 0) is 32.4 Å². The summed E-state index contributed by atoms with van der Waals surface area (Å²) < 4.78 is 5.51. The number of ether oxygens (including phenoxy) is 1. The summed E-state index contributed by atoms with van der Waals surface area (Å²) in [6, 6.07) is 7.27. The van der Waals surface area contributed by atoms with Crippen LogP contribution in [0.5, 0.6) is 5.75 Å². The number of amides is 1. The number of carbonyl (C=O) groups is 1. The SMILES string of the molecule is CC[C@H](C)NC(=O)[C@H](C)Oc1ccccc1Cl. The van der Waals surface area contributed by atoms with Crippen molar-refractivity contribution < 1.29 is 9.53 Å². The Hall–Kier alpha value is -1.22. The van der Waals surface area contributed by atoms with Gasteiger partial charge in [-0.1, -0.05) is 30.7 Å². The van der Waals surface area contributed by atoms with Crippen molar-refractivity contribution in [1.29, 1.82) is 0 Å². The van der Waals surface area contributed by atoms with Crippen molar-refractivity contribution in [2.45, 2.75) is 39.3 Å². The standard InChI is InChI=1S/C13H18ClNO2/c1-4-9(2)15-13(16)10(3)17-12-8-6-5-7-11(12)14/h5-10H,4H2,1-3H3,(H,15,16)/t9-,10-/m0/s1. The summed E-state index contributed by atoms with van der Waals surface area (Å²) in [7, 11) is 0. The van der Waals surface area contributed by atoms with Crippen LogP contribution in [-0.2, 0) is 4.79 Å². The van der Waals surface area contributed by atoms with Gasteiger partial charge >= 0.3 is 0 Å². The molecule has 1 aromatic carbocycles. The molecule has 0 aliphatic rings. The largest absolute Gasteiger partial charge is 0.479 e. The summed E-state index contributed by atoms with van der Waals surface area (Å²) in [5.41, 5.74) is 0. The third kappa shape index (κ3) is 4.27. The topological polar surface area (TPSA) is 38.3 Å². The van der Waals surface area contributed by atoms with Crippen LogP contribution in [0, 0.1) is 0 Å². The maximum Gasteiger partial charge on any atom is 0.260 e. The lowest BCUT2D eigenvalue weighted by molar-refractivity contribution is -0.127. The van der Waals surface area contributed by atoms with Crippen LogP contribution in [0.2, 0.25) is 5.02 Å². The van der Waals surface area contributed by atoms with Gasteiger partial charge < -0.3 is 10.1 Å². The fourth-order valence-corrected chi connectivity index (χ4v) is 1.43. The molecule has 0 aromatic heterocycles.